The van der Waals surface area contributed by atoms with Crippen molar-refractivity contribution in [1.29, 1.82) is 0 Å². The maximum absolute atomic E-state index is 12.7. The average molecular weight is 317 g/mol. The third-order valence-electron chi connectivity index (χ3n) is 3.95. The molecule has 1 aliphatic heterocycles. The van der Waals surface area contributed by atoms with Crippen molar-refractivity contribution in [2.75, 3.05) is 13.1 Å². The molecule has 0 aliphatic carbocycles. The number of likely N-dealkylation sites (tertiary alicyclic amines) is 1. The number of carbonyl (C=O) groups excluding carboxylic acids is 1. The number of aromatic nitrogens is 5. The Morgan fingerprint density at radius 1 is 1.41 bits per heavy atom. The average Bonchev–Trinajstić information content (AvgIpc) is 3.25. The van der Waals surface area contributed by atoms with Crippen LogP contribution in [-0.4, -0.2) is 48.6 Å². The topological polar surface area (TPSA) is 79.7 Å². The molecule has 112 valence electrons. The van der Waals surface area contributed by atoms with Crippen LogP contribution < -0.4 is 0 Å². The predicted octanol–water partition coefficient (Wildman–Crippen LogP) is 1.90. The Morgan fingerprint density at radius 2 is 2.32 bits per heavy atom. The van der Waals surface area contributed by atoms with E-state index in [0.717, 1.165) is 11.8 Å². The fourth-order valence-electron chi connectivity index (χ4n) is 2.85. The minimum atomic E-state index is -0.0762. The third kappa shape index (κ3) is 2.14. The maximum atomic E-state index is 12.7. The standard InChI is InChI=1S/C14H13ClN6O/c15-9-5-19-21(6-9)10-2-4-20(7-10)14(22)12-11-1-3-16-13(11)18-8-17-12/h1,3,5-6,8,10H,2,4,7H2,(H,16,17,18). The monoisotopic (exact) mass is 316 g/mol. The van der Waals surface area contributed by atoms with E-state index in [1.54, 1.807) is 23.5 Å². The number of fused-ring (bicyclic) bond motifs is 1. The SMILES string of the molecule is O=C(c1ncnc2[nH]ccc12)N1CCC(n2cc(Cl)cn2)C1. The first-order valence-electron chi connectivity index (χ1n) is 6.99. The zero-order chi connectivity index (χ0) is 15.1. The van der Waals surface area contributed by atoms with Crippen molar-refractivity contribution >= 4 is 28.5 Å². The highest BCUT2D eigenvalue weighted by Gasteiger charge is 2.30. The molecule has 1 atom stereocenters. The van der Waals surface area contributed by atoms with Gasteiger partial charge in [0.25, 0.3) is 5.91 Å². The number of H-pyrrole nitrogens is 1. The summed E-state index contributed by atoms with van der Waals surface area (Å²) in [6, 6.07) is 1.98. The lowest BCUT2D eigenvalue weighted by atomic mass is 10.2. The predicted molar refractivity (Wildman–Crippen MR) is 80.7 cm³/mol. The quantitative estimate of drug-likeness (QED) is 0.783. The molecule has 1 unspecified atom stereocenters. The zero-order valence-corrected chi connectivity index (χ0v) is 12.4. The van der Waals surface area contributed by atoms with Crippen LogP contribution in [0.15, 0.2) is 31.0 Å². The highest BCUT2D eigenvalue weighted by atomic mass is 35.5. The molecular weight excluding hydrogens is 304 g/mol. The summed E-state index contributed by atoms with van der Waals surface area (Å²) in [7, 11) is 0. The summed E-state index contributed by atoms with van der Waals surface area (Å²) in [5, 5.41) is 5.58. The molecule has 3 aromatic heterocycles. The van der Waals surface area contributed by atoms with Crippen LogP contribution >= 0.6 is 11.6 Å². The van der Waals surface area contributed by atoms with Gasteiger partial charge < -0.3 is 9.88 Å². The second kappa shape index (κ2) is 5.10. The van der Waals surface area contributed by atoms with Gasteiger partial charge in [0.15, 0.2) is 0 Å². The first-order chi connectivity index (χ1) is 10.7. The van der Waals surface area contributed by atoms with Gasteiger partial charge in [0.2, 0.25) is 0 Å². The number of carbonyl (C=O) groups is 1. The van der Waals surface area contributed by atoms with Gasteiger partial charge in [0.05, 0.1) is 22.6 Å². The number of halogens is 1. The molecule has 0 spiro atoms. The van der Waals surface area contributed by atoms with Crippen LogP contribution in [-0.2, 0) is 0 Å². The fraction of sp³-hybridized carbons (Fsp3) is 0.286. The molecule has 22 heavy (non-hydrogen) atoms. The highest BCUT2D eigenvalue weighted by molar-refractivity contribution is 6.30. The molecule has 3 aromatic rings. The van der Waals surface area contributed by atoms with Crippen LogP contribution in [0.1, 0.15) is 23.0 Å². The van der Waals surface area contributed by atoms with E-state index in [2.05, 4.69) is 20.1 Å². The lowest BCUT2D eigenvalue weighted by Gasteiger charge is -2.16. The number of amides is 1. The molecule has 8 heteroatoms. The van der Waals surface area contributed by atoms with Gasteiger partial charge in [-0.25, -0.2) is 9.97 Å². The van der Waals surface area contributed by atoms with Crippen LogP contribution in [0.5, 0.6) is 0 Å². The van der Waals surface area contributed by atoms with Crippen molar-refractivity contribution in [2.45, 2.75) is 12.5 Å². The van der Waals surface area contributed by atoms with E-state index in [1.807, 2.05) is 10.7 Å². The van der Waals surface area contributed by atoms with Crippen LogP contribution in [0.2, 0.25) is 5.02 Å². The van der Waals surface area contributed by atoms with Crippen molar-refractivity contribution in [3.05, 3.63) is 41.7 Å². The smallest absolute Gasteiger partial charge is 0.273 e. The molecule has 1 amide bonds. The molecule has 4 rings (SSSR count). The van der Waals surface area contributed by atoms with E-state index in [0.29, 0.717) is 29.5 Å². The lowest BCUT2D eigenvalue weighted by Crippen LogP contribution is -2.30. The fourth-order valence-corrected chi connectivity index (χ4v) is 2.99. The minimum Gasteiger partial charge on any atom is -0.346 e. The number of rotatable bonds is 2. The largest absolute Gasteiger partial charge is 0.346 e. The van der Waals surface area contributed by atoms with Gasteiger partial charge in [-0.15, -0.1) is 0 Å². The van der Waals surface area contributed by atoms with Gasteiger partial charge >= 0.3 is 0 Å². The third-order valence-corrected chi connectivity index (χ3v) is 4.15. The highest BCUT2D eigenvalue weighted by Crippen LogP contribution is 2.24. The Labute approximate surface area is 130 Å². The van der Waals surface area contributed by atoms with Crippen LogP contribution in [0, 0.1) is 0 Å². The van der Waals surface area contributed by atoms with E-state index in [-0.39, 0.29) is 11.9 Å². The van der Waals surface area contributed by atoms with E-state index in [1.165, 1.54) is 6.33 Å². The van der Waals surface area contributed by atoms with Gasteiger partial charge in [-0.3, -0.25) is 9.48 Å². The second-order valence-electron chi connectivity index (χ2n) is 5.29. The van der Waals surface area contributed by atoms with Gasteiger partial charge in [-0.2, -0.15) is 5.10 Å². The summed E-state index contributed by atoms with van der Waals surface area (Å²) in [4.78, 5) is 25.8. The van der Waals surface area contributed by atoms with Gasteiger partial charge in [0, 0.05) is 25.5 Å². The number of hydrogen-bond donors (Lipinski definition) is 1. The van der Waals surface area contributed by atoms with Crippen molar-refractivity contribution in [2.24, 2.45) is 0 Å². The number of aromatic amines is 1. The Hall–Kier alpha value is -2.41. The Bertz CT molecular complexity index is 841. The van der Waals surface area contributed by atoms with Crippen molar-refractivity contribution < 1.29 is 4.79 Å². The normalized spacial score (nSPS) is 18.2. The van der Waals surface area contributed by atoms with Gasteiger partial charge in [0.1, 0.15) is 17.7 Å². The van der Waals surface area contributed by atoms with Crippen molar-refractivity contribution in [1.82, 2.24) is 29.6 Å². The Balaban J connectivity index is 1.58. The zero-order valence-electron chi connectivity index (χ0n) is 11.6. The van der Waals surface area contributed by atoms with Crippen molar-refractivity contribution in [3.63, 3.8) is 0 Å². The van der Waals surface area contributed by atoms with E-state index in [9.17, 15) is 4.79 Å². The molecule has 0 radical (unpaired) electrons. The molecular formula is C14H13ClN6O. The molecule has 1 fully saturated rings. The van der Waals surface area contributed by atoms with E-state index in [4.69, 9.17) is 11.6 Å². The van der Waals surface area contributed by atoms with Crippen molar-refractivity contribution in [3.8, 4) is 0 Å². The number of hydrogen-bond acceptors (Lipinski definition) is 4. The summed E-state index contributed by atoms with van der Waals surface area (Å²) < 4.78 is 1.82. The molecule has 0 bridgehead atoms. The molecule has 0 saturated carbocycles. The molecule has 0 aromatic carbocycles. The van der Waals surface area contributed by atoms with Crippen LogP contribution in [0.25, 0.3) is 11.0 Å². The second-order valence-corrected chi connectivity index (χ2v) is 5.73. The summed E-state index contributed by atoms with van der Waals surface area (Å²) >= 11 is 5.90. The molecule has 1 saturated heterocycles. The van der Waals surface area contributed by atoms with Gasteiger partial charge in [-0.05, 0) is 12.5 Å². The summed E-state index contributed by atoms with van der Waals surface area (Å²) in [5.74, 6) is -0.0762. The first kappa shape index (κ1) is 13.3. The Kier molecular flexibility index (Phi) is 3.07. The Morgan fingerprint density at radius 3 is 3.14 bits per heavy atom. The number of nitrogens with one attached hydrogen (secondary N) is 1. The molecule has 1 N–H and O–H groups in total. The molecule has 4 heterocycles. The summed E-state index contributed by atoms with van der Waals surface area (Å²) in [6.45, 7) is 1.28. The van der Waals surface area contributed by atoms with Crippen LogP contribution in [0.3, 0.4) is 0 Å². The maximum Gasteiger partial charge on any atom is 0.273 e. The number of nitrogens with zero attached hydrogens (tertiary/aromatic N) is 5. The lowest BCUT2D eigenvalue weighted by molar-refractivity contribution is 0.0783. The van der Waals surface area contributed by atoms with E-state index >= 15 is 0 Å². The van der Waals surface area contributed by atoms with E-state index < -0.39 is 0 Å². The first-order valence-corrected chi connectivity index (χ1v) is 7.37. The summed E-state index contributed by atoms with van der Waals surface area (Å²) in [6.07, 6.45) is 7.42. The molecule has 1 aliphatic rings. The minimum absolute atomic E-state index is 0.0762. The van der Waals surface area contributed by atoms with Crippen LogP contribution in [0.4, 0.5) is 0 Å². The van der Waals surface area contributed by atoms with Gasteiger partial charge in [-0.1, -0.05) is 11.6 Å². The molecule has 7 nitrogen and oxygen atoms in total. The summed E-state index contributed by atoms with van der Waals surface area (Å²) in [5.41, 5.74) is 1.11.